The maximum Gasteiger partial charge on any atom is 0.233 e. The van der Waals surface area contributed by atoms with Crippen LogP contribution in [0.15, 0.2) is 30.5 Å². The number of amides is 2. The summed E-state index contributed by atoms with van der Waals surface area (Å²) < 4.78 is 1.05. The minimum Gasteiger partial charge on any atom is -0.274 e. The molecule has 1 saturated heterocycles. The van der Waals surface area contributed by atoms with Crippen LogP contribution < -0.4 is 0 Å². The molecule has 0 bridgehead atoms. The van der Waals surface area contributed by atoms with Crippen LogP contribution in [0.3, 0.4) is 0 Å². The number of carbonyl (C=O) groups is 2. The molecule has 3 unspecified atom stereocenters. The maximum absolute atomic E-state index is 12.5. The van der Waals surface area contributed by atoms with Crippen molar-refractivity contribution in [2.24, 2.45) is 11.8 Å². The van der Waals surface area contributed by atoms with Crippen molar-refractivity contribution in [1.82, 2.24) is 9.88 Å². The first kappa shape index (κ1) is 17.8. The predicted molar refractivity (Wildman–Crippen MR) is 111 cm³/mol. The average molecular weight is 411 g/mol. The summed E-state index contributed by atoms with van der Waals surface area (Å²) >= 11 is 7.92. The molecule has 6 heteroatoms. The van der Waals surface area contributed by atoms with Crippen molar-refractivity contribution in [3.05, 3.63) is 51.5 Å². The third-order valence-electron chi connectivity index (χ3n) is 6.05. The Morgan fingerprint density at radius 3 is 2.57 bits per heavy atom. The molecular weight excluding hydrogens is 392 g/mol. The Labute approximate surface area is 172 Å². The normalized spacial score (nSPS) is 22.1. The highest BCUT2D eigenvalue weighted by Crippen LogP contribution is 2.50. The van der Waals surface area contributed by atoms with Gasteiger partial charge in [0.1, 0.15) is 0 Å². The lowest BCUT2D eigenvalue weighted by Crippen LogP contribution is -2.34. The third-order valence-corrected chi connectivity index (χ3v) is 7.60. The van der Waals surface area contributed by atoms with Gasteiger partial charge in [-0.3, -0.25) is 19.5 Å². The van der Waals surface area contributed by atoms with Gasteiger partial charge in [-0.15, -0.1) is 11.3 Å². The quantitative estimate of drug-likeness (QED) is 0.550. The molecule has 4 nitrogen and oxygen atoms in total. The van der Waals surface area contributed by atoms with Gasteiger partial charge in [0.05, 0.1) is 28.1 Å². The number of carbonyl (C=O) groups excluding carboxylic acids is 2. The fourth-order valence-corrected chi connectivity index (χ4v) is 5.64. The van der Waals surface area contributed by atoms with Gasteiger partial charge in [0.15, 0.2) is 0 Å². The number of fused-ring (bicyclic) bond motifs is 2. The first-order valence-corrected chi connectivity index (χ1v) is 10.6. The number of piperidine rings is 1. The number of likely N-dealkylation sites (tertiary alicyclic amines) is 1. The number of halogens is 1. The molecule has 1 aliphatic carbocycles. The summed E-state index contributed by atoms with van der Waals surface area (Å²) in [5, 5.41) is 0.709. The molecule has 5 rings (SSSR count). The second-order valence-electron chi connectivity index (χ2n) is 7.79. The molecule has 2 fully saturated rings. The Morgan fingerprint density at radius 1 is 1.14 bits per heavy atom. The number of thiophene rings is 1. The largest absolute Gasteiger partial charge is 0.274 e. The predicted octanol–water partition coefficient (Wildman–Crippen LogP) is 5.30. The van der Waals surface area contributed by atoms with Crippen LogP contribution >= 0.6 is 22.9 Å². The molecule has 28 heavy (non-hydrogen) atoms. The van der Waals surface area contributed by atoms with E-state index in [9.17, 15) is 9.59 Å². The van der Waals surface area contributed by atoms with Crippen LogP contribution in [-0.2, 0) is 9.59 Å². The number of hydrogen-bond donors (Lipinski definition) is 0. The van der Waals surface area contributed by atoms with E-state index < -0.39 is 0 Å². The Bertz CT molecular complexity index is 1150. The third kappa shape index (κ3) is 2.53. The summed E-state index contributed by atoms with van der Waals surface area (Å²) in [6.07, 6.45) is 2.53. The maximum atomic E-state index is 12.5. The zero-order valence-corrected chi connectivity index (χ0v) is 17.4. The summed E-state index contributed by atoms with van der Waals surface area (Å²) in [4.78, 5) is 31.9. The summed E-state index contributed by atoms with van der Waals surface area (Å²) in [6.45, 7) is 6.08. The van der Waals surface area contributed by atoms with Crippen molar-refractivity contribution >= 4 is 45.0 Å². The topological polar surface area (TPSA) is 50.3 Å². The van der Waals surface area contributed by atoms with Gasteiger partial charge in [0.25, 0.3) is 0 Å². The number of rotatable bonds is 3. The molecule has 3 atom stereocenters. The molecule has 142 valence electrons. The first-order valence-electron chi connectivity index (χ1n) is 9.39. The number of nitrogens with zero attached hydrogens (tertiary/aromatic N) is 2. The lowest BCUT2D eigenvalue weighted by molar-refractivity contribution is -0.143. The minimum absolute atomic E-state index is 0.0190. The van der Waals surface area contributed by atoms with E-state index in [0.717, 1.165) is 38.2 Å². The number of hydrogen-bond acceptors (Lipinski definition) is 4. The highest BCUT2D eigenvalue weighted by molar-refractivity contribution is 7.19. The smallest absolute Gasteiger partial charge is 0.233 e. The Balaban J connectivity index is 1.61. The van der Waals surface area contributed by atoms with Gasteiger partial charge in [0, 0.05) is 21.7 Å². The Kier molecular flexibility index (Phi) is 3.90. The van der Waals surface area contributed by atoms with Crippen molar-refractivity contribution in [3.63, 3.8) is 0 Å². The van der Waals surface area contributed by atoms with Gasteiger partial charge in [-0.05, 0) is 68.1 Å². The Morgan fingerprint density at radius 2 is 1.86 bits per heavy atom. The van der Waals surface area contributed by atoms with Gasteiger partial charge in [-0.25, -0.2) is 0 Å². The summed E-state index contributed by atoms with van der Waals surface area (Å²) in [6, 6.07) is 7.71. The van der Waals surface area contributed by atoms with Gasteiger partial charge < -0.3 is 0 Å². The standard InChI is InChI=1S/C22H19ClN2O2S/c1-10-6-13(23)7-15(11(10)2)14-4-5-24-18-9-19(28-20(14)18)12(3)25-21(26)16-8-17(16)22(25)27/h4-7,9,12,16-17H,8H2,1-3H3. The van der Waals surface area contributed by atoms with Crippen LogP contribution in [0, 0.1) is 25.7 Å². The van der Waals surface area contributed by atoms with Crippen molar-refractivity contribution in [2.75, 3.05) is 0 Å². The van der Waals surface area contributed by atoms with Crippen LogP contribution in [0.25, 0.3) is 21.3 Å². The van der Waals surface area contributed by atoms with Crippen molar-refractivity contribution < 1.29 is 9.59 Å². The van der Waals surface area contributed by atoms with E-state index >= 15 is 0 Å². The van der Waals surface area contributed by atoms with Crippen LogP contribution in [0.5, 0.6) is 0 Å². The lowest BCUT2D eigenvalue weighted by Gasteiger charge is -2.23. The van der Waals surface area contributed by atoms with Crippen molar-refractivity contribution in [1.29, 1.82) is 0 Å². The van der Waals surface area contributed by atoms with E-state index in [1.54, 1.807) is 17.5 Å². The number of aromatic nitrogens is 1. The van der Waals surface area contributed by atoms with Crippen LogP contribution in [0.4, 0.5) is 0 Å². The SMILES string of the molecule is Cc1cc(Cl)cc(-c2ccnc3cc(C(C)N4C(=O)C5CC5C4=O)sc23)c1C. The first-order chi connectivity index (χ1) is 13.4. The van der Waals surface area contributed by atoms with Gasteiger partial charge in [-0.2, -0.15) is 0 Å². The zero-order chi connectivity index (χ0) is 19.7. The van der Waals surface area contributed by atoms with E-state index in [1.165, 1.54) is 10.5 Å². The molecule has 2 aromatic heterocycles. The van der Waals surface area contributed by atoms with Crippen molar-refractivity contribution in [2.45, 2.75) is 33.2 Å². The molecule has 0 N–H and O–H groups in total. The van der Waals surface area contributed by atoms with Crippen LogP contribution in [-0.4, -0.2) is 21.7 Å². The Hall–Kier alpha value is -2.24. The molecule has 1 aliphatic heterocycles. The fraction of sp³-hybridized carbons (Fsp3) is 0.318. The van der Waals surface area contributed by atoms with E-state index in [2.05, 4.69) is 18.8 Å². The molecule has 0 spiro atoms. The number of aryl methyl sites for hydroxylation is 1. The molecule has 0 radical (unpaired) electrons. The van der Waals surface area contributed by atoms with Gasteiger partial charge >= 0.3 is 0 Å². The average Bonchev–Trinajstić information content (AvgIpc) is 3.28. The minimum atomic E-state index is -0.262. The van der Waals surface area contributed by atoms with E-state index in [-0.39, 0.29) is 29.7 Å². The molecule has 2 aliphatic rings. The van der Waals surface area contributed by atoms with E-state index in [0.29, 0.717) is 5.02 Å². The highest BCUT2D eigenvalue weighted by Gasteiger charge is 2.60. The van der Waals surface area contributed by atoms with Crippen LogP contribution in [0.2, 0.25) is 5.02 Å². The summed E-state index contributed by atoms with van der Waals surface area (Å²) in [5.74, 6) is -0.186. The molecule has 1 saturated carbocycles. The second-order valence-corrected chi connectivity index (χ2v) is 9.31. The highest BCUT2D eigenvalue weighted by atomic mass is 35.5. The summed E-state index contributed by atoms with van der Waals surface area (Å²) in [7, 11) is 0. The van der Waals surface area contributed by atoms with Gasteiger partial charge in [0.2, 0.25) is 11.8 Å². The monoisotopic (exact) mass is 410 g/mol. The van der Waals surface area contributed by atoms with E-state index in [1.807, 2.05) is 31.2 Å². The summed E-state index contributed by atoms with van der Waals surface area (Å²) in [5.41, 5.74) is 5.38. The molecule has 3 heterocycles. The van der Waals surface area contributed by atoms with Gasteiger partial charge in [-0.1, -0.05) is 11.6 Å². The number of imide groups is 1. The number of pyridine rings is 1. The fourth-order valence-electron chi connectivity index (χ4n) is 4.19. The second kappa shape index (κ2) is 6.13. The van der Waals surface area contributed by atoms with Crippen molar-refractivity contribution in [3.8, 4) is 11.1 Å². The lowest BCUT2D eigenvalue weighted by atomic mass is 9.97. The molecule has 3 aromatic rings. The zero-order valence-electron chi connectivity index (χ0n) is 15.8. The van der Waals surface area contributed by atoms with Crippen LogP contribution in [0.1, 0.15) is 35.4 Å². The molecule has 2 amide bonds. The molecular formula is C22H19ClN2O2S. The molecule has 1 aromatic carbocycles. The number of benzene rings is 1. The van der Waals surface area contributed by atoms with E-state index in [4.69, 9.17) is 11.6 Å².